The molecule has 2 rings (SSSR count). The van der Waals surface area contributed by atoms with Gasteiger partial charge < -0.3 is 16.0 Å². The molecule has 0 unspecified atom stereocenters. The molecule has 0 amide bonds. The van der Waals surface area contributed by atoms with Gasteiger partial charge in [0.05, 0.1) is 0 Å². The molecule has 0 atom stereocenters. The summed E-state index contributed by atoms with van der Waals surface area (Å²) >= 11 is 0. The van der Waals surface area contributed by atoms with Crippen LogP contribution in [0.25, 0.3) is 11.1 Å². The highest BCUT2D eigenvalue weighted by molar-refractivity contribution is 5.65. The van der Waals surface area contributed by atoms with Gasteiger partial charge in [0.2, 0.25) is 0 Å². The lowest BCUT2D eigenvalue weighted by atomic mass is 10.1. The lowest BCUT2D eigenvalue weighted by Crippen LogP contribution is -2.21. The van der Waals surface area contributed by atoms with Crippen molar-refractivity contribution in [3.63, 3.8) is 0 Å². The number of nitrogens with zero attached hydrogens (tertiary/aromatic N) is 2. The van der Waals surface area contributed by atoms with Crippen molar-refractivity contribution in [3.8, 4) is 11.1 Å². The fourth-order valence-corrected chi connectivity index (χ4v) is 1.75. The van der Waals surface area contributed by atoms with Crippen molar-refractivity contribution >= 4 is 11.5 Å². The third-order valence-electron chi connectivity index (χ3n) is 2.87. The minimum Gasteiger partial charge on any atom is -0.399 e. The predicted molar refractivity (Wildman–Crippen MR) is 81.1 cm³/mol. The molecular formula is C15H20N4. The topological polar surface area (TPSA) is 54.2 Å². The average molecular weight is 256 g/mol. The van der Waals surface area contributed by atoms with Crippen LogP contribution in [-0.2, 0) is 0 Å². The Hall–Kier alpha value is -2.07. The zero-order chi connectivity index (χ0) is 13.7. The molecule has 19 heavy (non-hydrogen) atoms. The van der Waals surface area contributed by atoms with Crippen LogP contribution < -0.4 is 11.1 Å². The molecule has 0 saturated heterocycles. The quantitative estimate of drug-likeness (QED) is 0.806. The highest BCUT2D eigenvalue weighted by atomic mass is 15.1. The second-order valence-corrected chi connectivity index (χ2v) is 4.78. The van der Waals surface area contributed by atoms with Crippen LogP contribution in [0.1, 0.15) is 0 Å². The number of hydrogen-bond acceptors (Lipinski definition) is 4. The van der Waals surface area contributed by atoms with Crippen molar-refractivity contribution in [2.24, 2.45) is 0 Å². The monoisotopic (exact) mass is 256 g/mol. The number of nitrogen functional groups attached to an aromatic ring is 1. The van der Waals surface area contributed by atoms with Gasteiger partial charge >= 0.3 is 0 Å². The number of hydrogen-bond donors (Lipinski definition) is 2. The first-order valence-corrected chi connectivity index (χ1v) is 6.36. The first kappa shape index (κ1) is 13.4. The molecule has 0 fully saturated rings. The molecule has 0 saturated carbocycles. The van der Waals surface area contributed by atoms with E-state index in [0.717, 1.165) is 35.7 Å². The molecule has 0 spiro atoms. The molecular weight excluding hydrogens is 236 g/mol. The summed E-state index contributed by atoms with van der Waals surface area (Å²) in [6, 6.07) is 11.9. The van der Waals surface area contributed by atoms with Crippen molar-refractivity contribution in [2.75, 3.05) is 38.2 Å². The van der Waals surface area contributed by atoms with Gasteiger partial charge in [0.1, 0.15) is 5.82 Å². The number of aromatic nitrogens is 1. The van der Waals surface area contributed by atoms with Gasteiger partial charge in [-0.15, -0.1) is 0 Å². The van der Waals surface area contributed by atoms with E-state index in [-0.39, 0.29) is 0 Å². The Morgan fingerprint density at radius 2 is 1.74 bits per heavy atom. The summed E-state index contributed by atoms with van der Waals surface area (Å²) in [7, 11) is 4.11. The number of nitrogens with one attached hydrogen (secondary N) is 1. The van der Waals surface area contributed by atoms with Crippen LogP contribution in [0.2, 0.25) is 0 Å². The van der Waals surface area contributed by atoms with Crippen molar-refractivity contribution < 1.29 is 0 Å². The maximum Gasteiger partial charge on any atom is 0.125 e. The van der Waals surface area contributed by atoms with Gasteiger partial charge in [0.15, 0.2) is 0 Å². The molecule has 2 aromatic rings. The molecule has 100 valence electrons. The van der Waals surface area contributed by atoms with Crippen LogP contribution in [0.15, 0.2) is 42.6 Å². The number of pyridine rings is 1. The Morgan fingerprint density at radius 3 is 2.32 bits per heavy atom. The Labute approximate surface area is 114 Å². The summed E-state index contributed by atoms with van der Waals surface area (Å²) in [4.78, 5) is 6.55. The standard InChI is InChI=1S/C15H20N4/c1-19(2)10-9-17-15-8-5-13(11-18-15)12-3-6-14(16)7-4-12/h3-8,11H,9-10,16H2,1-2H3,(H,17,18). The summed E-state index contributed by atoms with van der Waals surface area (Å²) in [5, 5.41) is 3.29. The van der Waals surface area contributed by atoms with E-state index in [9.17, 15) is 0 Å². The zero-order valence-electron chi connectivity index (χ0n) is 11.4. The number of nitrogens with two attached hydrogens (primary N) is 1. The van der Waals surface area contributed by atoms with E-state index in [4.69, 9.17) is 5.73 Å². The van der Waals surface area contributed by atoms with Gasteiger partial charge in [-0.3, -0.25) is 0 Å². The molecule has 3 N–H and O–H groups in total. The van der Waals surface area contributed by atoms with E-state index in [1.165, 1.54) is 0 Å². The fourth-order valence-electron chi connectivity index (χ4n) is 1.75. The summed E-state index contributed by atoms with van der Waals surface area (Å²) in [6.07, 6.45) is 1.88. The third-order valence-corrected chi connectivity index (χ3v) is 2.87. The number of likely N-dealkylation sites (N-methyl/N-ethyl adjacent to an activating group) is 1. The highest BCUT2D eigenvalue weighted by Crippen LogP contribution is 2.20. The van der Waals surface area contributed by atoms with Crippen LogP contribution in [0.4, 0.5) is 11.5 Å². The molecule has 0 radical (unpaired) electrons. The van der Waals surface area contributed by atoms with Gasteiger partial charge in [0.25, 0.3) is 0 Å². The molecule has 4 nitrogen and oxygen atoms in total. The first-order valence-electron chi connectivity index (χ1n) is 6.36. The Balaban J connectivity index is 2.00. The maximum absolute atomic E-state index is 5.68. The van der Waals surface area contributed by atoms with Crippen LogP contribution in [0.5, 0.6) is 0 Å². The molecule has 0 aliphatic rings. The SMILES string of the molecule is CN(C)CCNc1ccc(-c2ccc(N)cc2)cn1. The molecule has 1 aromatic carbocycles. The van der Waals surface area contributed by atoms with E-state index in [1.807, 2.05) is 36.5 Å². The fraction of sp³-hybridized carbons (Fsp3) is 0.267. The highest BCUT2D eigenvalue weighted by Gasteiger charge is 1.99. The van der Waals surface area contributed by atoms with Crippen molar-refractivity contribution in [1.29, 1.82) is 0 Å². The van der Waals surface area contributed by atoms with Crippen LogP contribution in [-0.4, -0.2) is 37.1 Å². The Morgan fingerprint density at radius 1 is 1.05 bits per heavy atom. The van der Waals surface area contributed by atoms with Crippen LogP contribution >= 0.6 is 0 Å². The van der Waals surface area contributed by atoms with Gasteiger partial charge in [0, 0.05) is 30.5 Å². The van der Waals surface area contributed by atoms with E-state index >= 15 is 0 Å². The molecule has 0 aliphatic heterocycles. The van der Waals surface area contributed by atoms with E-state index in [1.54, 1.807) is 0 Å². The lowest BCUT2D eigenvalue weighted by molar-refractivity contribution is 0.425. The van der Waals surface area contributed by atoms with Gasteiger partial charge in [-0.05, 0) is 43.9 Å². The van der Waals surface area contributed by atoms with E-state index in [2.05, 4.69) is 35.4 Å². The molecule has 1 aromatic heterocycles. The van der Waals surface area contributed by atoms with Crippen molar-refractivity contribution in [2.45, 2.75) is 0 Å². The van der Waals surface area contributed by atoms with Crippen LogP contribution in [0, 0.1) is 0 Å². The van der Waals surface area contributed by atoms with Crippen LogP contribution in [0.3, 0.4) is 0 Å². The molecule has 0 bridgehead atoms. The van der Waals surface area contributed by atoms with Gasteiger partial charge in [-0.1, -0.05) is 12.1 Å². The van der Waals surface area contributed by atoms with Gasteiger partial charge in [-0.25, -0.2) is 4.98 Å². The number of anilines is 2. The largest absolute Gasteiger partial charge is 0.399 e. The summed E-state index contributed by atoms with van der Waals surface area (Å²) in [5.41, 5.74) is 8.68. The summed E-state index contributed by atoms with van der Waals surface area (Å²) < 4.78 is 0. The third kappa shape index (κ3) is 3.96. The normalized spacial score (nSPS) is 10.7. The second-order valence-electron chi connectivity index (χ2n) is 4.78. The predicted octanol–water partition coefficient (Wildman–Crippen LogP) is 2.30. The van der Waals surface area contributed by atoms with Crippen molar-refractivity contribution in [1.82, 2.24) is 9.88 Å². The zero-order valence-corrected chi connectivity index (χ0v) is 11.4. The lowest BCUT2D eigenvalue weighted by Gasteiger charge is -2.11. The number of rotatable bonds is 5. The molecule has 0 aliphatic carbocycles. The van der Waals surface area contributed by atoms with E-state index < -0.39 is 0 Å². The Kier molecular flexibility index (Phi) is 4.36. The Bertz CT molecular complexity index is 503. The first-order chi connectivity index (χ1) is 9.15. The second kappa shape index (κ2) is 6.20. The average Bonchev–Trinajstić information content (AvgIpc) is 2.40. The molecule has 1 heterocycles. The number of benzene rings is 1. The van der Waals surface area contributed by atoms with Crippen molar-refractivity contribution in [3.05, 3.63) is 42.6 Å². The minimum absolute atomic E-state index is 0.777. The molecule has 4 heteroatoms. The summed E-state index contributed by atoms with van der Waals surface area (Å²) in [6.45, 7) is 1.88. The van der Waals surface area contributed by atoms with E-state index in [0.29, 0.717) is 0 Å². The van der Waals surface area contributed by atoms with Gasteiger partial charge in [-0.2, -0.15) is 0 Å². The minimum atomic E-state index is 0.777. The maximum atomic E-state index is 5.68. The smallest absolute Gasteiger partial charge is 0.125 e. The summed E-state index contributed by atoms with van der Waals surface area (Å²) in [5.74, 6) is 0.904.